The summed E-state index contributed by atoms with van der Waals surface area (Å²) >= 11 is 0. The second kappa shape index (κ2) is 9.93. The van der Waals surface area contributed by atoms with Crippen molar-refractivity contribution in [2.45, 2.75) is 0 Å². The molecule has 34 valence electrons. The predicted octanol–water partition coefficient (Wildman–Crippen LogP) is -2.69. The van der Waals surface area contributed by atoms with Crippen molar-refractivity contribution in [1.82, 2.24) is 0 Å². The first-order chi connectivity index (χ1) is 1.73. The van der Waals surface area contributed by atoms with Crippen molar-refractivity contribution in [3.05, 3.63) is 0 Å². The van der Waals surface area contributed by atoms with Gasteiger partial charge < -0.3 is 12.4 Å². The molecular weight excluding hydrogens is 323 g/mol. The normalized spacial score (nSPS) is 4.00. The van der Waals surface area contributed by atoms with Crippen LogP contribution in [-0.4, -0.2) is 83.8 Å². The van der Waals surface area contributed by atoms with Gasteiger partial charge >= 0.3 is 74.2 Å². The average Bonchev–Trinajstić information content (AvgIpc) is 0.811. The summed E-state index contributed by atoms with van der Waals surface area (Å²) in [6.45, 7) is 0. The summed E-state index contributed by atoms with van der Waals surface area (Å²) in [5.74, 6) is 0. The van der Waals surface area contributed by atoms with Gasteiger partial charge in [-0.05, 0) is 0 Å². The van der Waals surface area contributed by atoms with Gasteiger partial charge in [0.1, 0.15) is 0 Å². The Labute approximate surface area is 89.8 Å². The zero-order valence-corrected chi connectivity index (χ0v) is 11.9. The molecule has 0 aliphatic rings. The molecule has 0 aromatic carbocycles. The van der Waals surface area contributed by atoms with E-state index in [9.17, 15) is 0 Å². The topological polar surface area (TPSA) is 57.5 Å². The first-order valence-electron chi connectivity index (χ1n) is 0.651. The molecule has 0 saturated heterocycles. The monoisotopic (exact) mass is 330 g/mol. The van der Waals surface area contributed by atoms with Crippen LogP contribution in [0.2, 0.25) is 0 Å². The van der Waals surface area contributed by atoms with Gasteiger partial charge in [-0.15, -0.1) is 0 Å². The Bertz CT molecular complexity index is 40.3. The van der Waals surface area contributed by atoms with Crippen LogP contribution in [-0.2, 0) is 4.46 Å². The predicted molar refractivity (Wildman–Crippen MR) is 27.4 cm³/mol. The summed E-state index contributed by atoms with van der Waals surface area (Å²) < 4.78 is 8.74. The summed E-state index contributed by atoms with van der Waals surface area (Å²) in [4.78, 5) is 14.3. The van der Waals surface area contributed by atoms with E-state index in [0.717, 1.165) is 0 Å². The molecule has 2 N–H and O–H groups in total. The van der Waals surface area contributed by atoms with Gasteiger partial charge in [-0.3, -0.25) is 4.46 Å². The van der Waals surface area contributed by atoms with E-state index in [2.05, 4.69) is 0 Å². The van der Waals surface area contributed by atoms with Crippen molar-refractivity contribution in [3.63, 3.8) is 0 Å². The standard InChI is InChI=1S/Ca.H2O3Si.Pb.4H/c;1-4(2)3;;;;;/h;1-2H;;;;;/q+2;;;;;2*-1. The number of hydrogen-bond acceptors (Lipinski definition) is 1. The second-order valence-corrected chi connectivity index (χ2v) is 0.848. The van der Waals surface area contributed by atoms with Crippen LogP contribution in [0.3, 0.4) is 0 Å². The molecule has 3 nitrogen and oxygen atoms in total. The zero-order chi connectivity index (χ0) is 3.58. The molecule has 0 spiro atoms. The summed E-state index contributed by atoms with van der Waals surface area (Å²) in [5.41, 5.74) is 0. The van der Waals surface area contributed by atoms with Gasteiger partial charge in [-0.1, -0.05) is 0 Å². The fourth-order valence-corrected chi connectivity index (χ4v) is 0. The van der Waals surface area contributed by atoms with Gasteiger partial charge in [0.15, 0.2) is 0 Å². The third-order valence-corrected chi connectivity index (χ3v) is 0. The summed E-state index contributed by atoms with van der Waals surface area (Å²) in [6, 6.07) is 0. The van der Waals surface area contributed by atoms with E-state index >= 15 is 0 Å². The molecule has 0 unspecified atom stereocenters. The van der Waals surface area contributed by atoms with Crippen LogP contribution >= 0.6 is 0 Å². The van der Waals surface area contributed by atoms with E-state index in [1.807, 2.05) is 0 Å². The Balaban J connectivity index is -0.00000000750. The Morgan fingerprint density at radius 3 is 1.50 bits per heavy atom. The molecule has 0 rings (SSSR count). The Kier molecular flexibility index (Phi) is 25.9. The molecule has 0 fully saturated rings. The Hall–Kier alpha value is 1.80. The van der Waals surface area contributed by atoms with Crippen LogP contribution in [0.1, 0.15) is 2.85 Å². The van der Waals surface area contributed by atoms with Gasteiger partial charge in [0.05, 0.1) is 0 Å². The molecule has 0 amide bonds. The fourth-order valence-electron chi connectivity index (χ4n) is 0. The minimum absolute atomic E-state index is 0. The van der Waals surface area contributed by atoms with Crippen LogP contribution in [0.4, 0.5) is 0 Å². The van der Waals surface area contributed by atoms with E-state index < -0.39 is 9.17 Å². The van der Waals surface area contributed by atoms with Crippen LogP contribution in [0, 0.1) is 0 Å². The molecule has 0 heterocycles. The van der Waals surface area contributed by atoms with Crippen LogP contribution in [0.5, 0.6) is 0 Å². The first-order valence-corrected chi connectivity index (χ1v) is 1.95. The molecule has 0 aliphatic heterocycles. The molecule has 2 radical (unpaired) electrons. The van der Waals surface area contributed by atoms with Gasteiger partial charge in [-0.25, -0.2) is 0 Å². The SMILES string of the molecule is O=[Si](O)O.[Ca+2].[H-].[H-].[PbH2]. The van der Waals surface area contributed by atoms with E-state index in [0.29, 0.717) is 0 Å². The number of rotatable bonds is 0. The van der Waals surface area contributed by atoms with E-state index in [-0.39, 0.29) is 67.9 Å². The quantitative estimate of drug-likeness (QED) is 0.476. The average molecular weight is 329 g/mol. The van der Waals surface area contributed by atoms with E-state index in [1.54, 1.807) is 0 Å². The zero-order valence-electron chi connectivity index (χ0n) is 5.22. The molecule has 0 bridgehead atoms. The van der Waals surface area contributed by atoms with Gasteiger partial charge in [0, 0.05) is 0 Å². The molecule has 0 aliphatic carbocycles. The maximum absolute atomic E-state index is 8.74. The number of hydrogen-bond donors (Lipinski definition) is 2. The van der Waals surface area contributed by atoms with Crippen molar-refractivity contribution >= 4 is 74.2 Å². The molecule has 0 atom stereocenters. The summed E-state index contributed by atoms with van der Waals surface area (Å²) in [6.07, 6.45) is 0. The Morgan fingerprint density at radius 2 is 1.50 bits per heavy atom. The maximum atomic E-state index is 8.74. The molecule has 0 aromatic heterocycles. The first kappa shape index (κ1) is 15.7. The molecule has 6 heavy (non-hydrogen) atoms. The molecule has 0 saturated carbocycles. The summed E-state index contributed by atoms with van der Waals surface area (Å²) in [5, 5.41) is 0. The van der Waals surface area contributed by atoms with Crippen LogP contribution in [0.25, 0.3) is 0 Å². The third kappa shape index (κ3) is 41.3. The van der Waals surface area contributed by atoms with Crippen molar-refractivity contribution < 1.29 is 16.9 Å². The van der Waals surface area contributed by atoms with Crippen LogP contribution in [0.15, 0.2) is 0 Å². The molecular formula is H6CaO3PbSi. The van der Waals surface area contributed by atoms with Crippen molar-refractivity contribution in [2.75, 3.05) is 0 Å². The minimum atomic E-state index is -3.13. The Morgan fingerprint density at radius 1 is 1.50 bits per heavy atom. The molecule has 0 aromatic rings. The van der Waals surface area contributed by atoms with Gasteiger partial charge in [0.25, 0.3) is 0 Å². The van der Waals surface area contributed by atoms with E-state index in [4.69, 9.17) is 14.1 Å². The molecule has 6 heteroatoms. The van der Waals surface area contributed by atoms with Crippen molar-refractivity contribution in [3.8, 4) is 0 Å². The van der Waals surface area contributed by atoms with E-state index in [1.165, 1.54) is 0 Å². The van der Waals surface area contributed by atoms with Crippen LogP contribution < -0.4 is 0 Å². The fraction of sp³-hybridized carbons (Fsp3) is 0. The van der Waals surface area contributed by atoms with Crippen molar-refractivity contribution in [2.24, 2.45) is 0 Å². The summed E-state index contributed by atoms with van der Waals surface area (Å²) in [7, 11) is -3.13. The van der Waals surface area contributed by atoms with Gasteiger partial charge in [0.2, 0.25) is 0 Å². The second-order valence-electron chi connectivity index (χ2n) is 0.283. The third-order valence-electron chi connectivity index (χ3n) is 0. The van der Waals surface area contributed by atoms with Gasteiger partial charge in [-0.2, -0.15) is 0 Å². The van der Waals surface area contributed by atoms with Crippen molar-refractivity contribution in [1.29, 1.82) is 0 Å².